The van der Waals surface area contributed by atoms with Crippen LogP contribution in [0.3, 0.4) is 0 Å². The van der Waals surface area contributed by atoms with Crippen molar-refractivity contribution in [2.75, 3.05) is 0 Å². The third-order valence-corrected chi connectivity index (χ3v) is 3.34. The Kier molecular flexibility index (Phi) is 2.37. The molecule has 0 saturated carbocycles. The van der Waals surface area contributed by atoms with E-state index in [1.165, 1.54) is 0 Å². The summed E-state index contributed by atoms with van der Waals surface area (Å²) >= 11 is 0. The van der Waals surface area contributed by atoms with Gasteiger partial charge in [0.25, 0.3) is 0 Å². The van der Waals surface area contributed by atoms with E-state index >= 15 is 0 Å². The zero-order valence-electron chi connectivity index (χ0n) is 10.1. The SMILES string of the molecule is Cc1ccc(C(=O)c2cc3ccc2CC3=O)cc1. The lowest BCUT2D eigenvalue weighted by Gasteiger charge is -2.15. The van der Waals surface area contributed by atoms with Crippen LogP contribution in [0.1, 0.15) is 37.4 Å². The highest BCUT2D eigenvalue weighted by Gasteiger charge is 2.22. The average molecular weight is 236 g/mol. The number of hydrogen-bond donors (Lipinski definition) is 0. The summed E-state index contributed by atoms with van der Waals surface area (Å²) in [4.78, 5) is 23.9. The average Bonchev–Trinajstić information content (AvgIpc) is 2.39. The molecule has 0 amide bonds. The Balaban J connectivity index is 2.04. The minimum Gasteiger partial charge on any atom is -0.294 e. The number of carbonyl (C=O) groups is 2. The highest BCUT2D eigenvalue weighted by molar-refractivity contribution is 6.14. The second-order valence-corrected chi connectivity index (χ2v) is 4.67. The van der Waals surface area contributed by atoms with Crippen LogP contribution >= 0.6 is 0 Å². The third-order valence-electron chi connectivity index (χ3n) is 3.34. The molecule has 2 aliphatic carbocycles. The Labute approximate surface area is 105 Å². The topological polar surface area (TPSA) is 34.1 Å². The van der Waals surface area contributed by atoms with Crippen molar-refractivity contribution in [3.05, 3.63) is 70.3 Å². The highest BCUT2D eigenvalue weighted by Crippen LogP contribution is 2.24. The molecule has 0 unspecified atom stereocenters. The van der Waals surface area contributed by atoms with Gasteiger partial charge in [-0.25, -0.2) is 0 Å². The molecular weight excluding hydrogens is 224 g/mol. The van der Waals surface area contributed by atoms with Gasteiger partial charge in [0.2, 0.25) is 0 Å². The summed E-state index contributed by atoms with van der Waals surface area (Å²) < 4.78 is 0. The quantitative estimate of drug-likeness (QED) is 0.751. The van der Waals surface area contributed by atoms with Crippen molar-refractivity contribution in [1.29, 1.82) is 0 Å². The van der Waals surface area contributed by atoms with Crippen molar-refractivity contribution < 1.29 is 9.59 Å². The molecule has 0 spiro atoms. The summed E-state index contributed by atoms with van der Waals surface area (Å²) in [5.41, 5.74) is 3.94. The van der Waals surface area contributed by atoms with Gasteiger partial charge in [-0.1, -0.05) is 42.0 Å². The lowest BCUT2D eigenvalue weighted by Crippen LogP contribution is -2.17. The molecule has 2 aromatic rings. The summed E-state index contributed by atoms with van der Waals surface area (Å²) in [5.74, 6) is 0.104. The molecule has 2 bridgehead atoms. The molecule has 88 valence electrons. The molecule has 2 heteroatoms. The standard InChI is InChI=1S/C16H12O2/c1-10-2-4-11(5-3-10)16(18)14-8-13-7-6-12(14)9-15(13)17/h2-8H,9H2,1H3. The molecule has 2 aliphatic rings. The Morgan fingerprint density at radius 3 is 2.33 bits per heavy atom. The van der Waals surface area contributed by atoms with E-state index in [0.29, 0.717) is 23.1 Å². The maximum absolute atomic E-state index is 12.4. The zero-order chi connectivity index (χ0) is 12.7. The van der Waals surface area contributed by atoms with E-state index in [9.17, 15) is 9.59 Å². The van der Waals surface area contributed by atoms with Crippen LogP contribution in [0.5, 0.6) is 0 Å². The summed E-state index contributed by atoms with van der Waals surface area (Å²) in [6, 6.07) is 12.9. The summed E-state index contributed by atoms with van der Waals surface area (Å²) in [5, 5.41) is 0. The van der Waals surface area contributed by atoms with Gasteiger partial charge >= 0.3 is 0 Å². The Bertz CT molecular complexity index is 651. The van der Waals surface area contributed by atoms with Crippen LogP contribution in [0.4, 0.5) is 0 Å². The number of benzene rings is 2. The van der Waals surface area contributed by atoms with Gasteiger partial charge in [0.05, 0.1) is 0 Å². The van der Waals surface area contributed by atoms with Crippen LogP contribution in [0.25, 0.3) is 0 Å². The molecule has 18 heavy (non-hydrogen) atoms. The minimum absolute atomic E-state index is 0.000602. The van der Waals surface area contributed by atoms with Crippen molar-refractivity contribution in [2.24, 2.45) is 0 Å². The fourth-order valence-electron chi connectivity index (χ4n) is 2.25. The molecular formula is C16H12O2. The normalized spacial score (nSPS) is 12.8. The predicted octanol–water partition coefficient (Wildman–Crippen LogP) is 2.96. The van der Waals surface area contributed by atoms with E-state index in [-0.39, 0.29) is 11.6 Å². The summed E-state index contributed by atoms with van der Waals surface area (Å²) in [7, 11) is 0. The molecule has 0 saturated heterocycles. The summed E-state index contributed by atoms with van der Waals surface area (Å²) in [6.07, 6.45) is 0.356. The fraction of sp³-hybridized carbons (Fsp3) is 0.125. The molecule has 2 aromatic carbocycles. The molecule has 0 heterocycles. The number of aryl methyl sites for hydroxylation is 1. The lowest BCUT2D eigenvalue weighted by molar-refractivity contribution is 0.0987. The first-order valence-electron chi connectivity index (χ1n) is 5.92. The van der Waals surface area contributed by atoms with Crippen molar-refractivity contribution in [2.45, 2.75) is 13.3 Å². The highest BCUT2D eigenvalue weighted by atomic mass is 16.1. The second-order valence-electron chi connectivity index (χ2n) is 4.67. The Morgan fingerprint density at radius 2 is 1.78 bits per heavy atom. The molecule has 0 radical (unpaired) electrons. The van der Waals surface area contributed by atoms with Crippen molar-refractivity contribution in [3.63, 3.8) is 0 Å². The lowest BCUT2D eigenvalue weighted by atomic mass is 9.86. The van der Waals surface area contributed by atoms with Gasteiger partial charge in [-0.2, -0.15) is 0 Å². The van der Waals surface area contributed by atoms with Crippen LogP contribution in [0.2, 0.25) is 0 Å². The second kappa shape index (κ2) is 3.91. The van der Waals surface area contributed by atoms with E-state index in [1.54, 1.807) is 12.1 Å². The number of fused-ring (bicyclic) bond motifs is 3. The smallest absolute Gasteiger partial charge is 0.193 e. The molecule has 4 rings (SSSR count). The Hall–Kier alpha value is -2.22. The first-order valence-corrected chi connectivity index (χ1v) is 5.92. The van der Waals surface area contributed by atoms with Crippen LogP contribution in [-0.4, -0.2) is 11.6 Å². The van der Waals surface area contributed by atoms with Crippen LogP contribution in [-0.2, 0) is 6.42 Å². The molecule has 0 fully saturated rings. The first-order chi connectivity index (χ1) is 8.65. The van der Waals surface area contributed by atoms with Gasteiger partial charge in [-0.05, 0) is 18.6 Å². The van der Waals surface area contributed by atoms with Crippen LogP contribution < -0.4 is 0 Å². The van der Waals surface area contributed by atoms with E-state index in [1.807, 2.05) is 37.3 Å². The van der Waals surface area contributed by atoms with E-state index in [0.717, 1.165) is 11.1 Å². The van der Waals surface area contributed by atoms with Crippen molar-refractivity contribution in [3.8, 4) is 0 Å². The van der Waals surface area contributed by atoms with Crippen molar-refractivity contribution in [1.82, 2.24) is 0 Å². The number of rotatable bonds is 2. The van der Waals surface area contributed by atoms with E-state index < -0.39 is 0 Å². The van der Waals surface area contributed by atoms with Crippen LogP contribution in [0, 0.1) is 6.92 Å². The number of hydrogen-bond acceptors (Lipinski definition) is 2. The number of Topliss-reactive ketones (excluding diaryl/α,β-unsaturated/α-hetero) is 1. The van der Waals surface area contributed by atoms with Gasteiger partial charge in [-0.15, -0.1) is 0 Å². The van der Waals surface area contributed by atoms with Crippen LogP contribution in [0.15, 0.2) is 42.5 Å². The summed E-state index contributed by atoms with van der Waals surface area (Å²) in [6.45, 7) is 1.99. The van der Waals surface area contributed by atoms with E-state index in [2.05, 4.69) is 0 Å². The largest absolute Gasteiger partial charge is 0.294 e. The maximum Gasteiger partial charge on any atom is 0.193 e. The fourth-order valence-corrected chi connectivity index (χ4v) is 2.25. The maximum atomic E-state index is 12.4. The number of ketones is 2. The third kappa shape index (κ3) is 1.66. The van der Waals surface area contributed by atoms with Gasteiger partial charge in [-0.3, -0.25) is 9.59 Å². The number of carbonyl (C=O) groups excluding carboxylic acids is 2. The van der Waals surface area contributed by atoms with Gasteiger partial charge in [0, 0.05) is 23.1 Å². The molecule has 0 aromatic heterocycles. The Morgan fingerprint density at radius 1 is 1.06 bits per heavy atom. The zero-order valence-corrected chi connectivity index (χ0v) is 10.1. The van der Waals surface area contributed by atoms with Gasteiger partial charge < -0.3 is 0 Å². The van der Waals surface area contributed by atoms with Gasteiger partial charge in [0.15, 0.2) is 11.6 Å². The van der Waals surface area contributed by atoms with Gasteiger partial charge in [0.1, 0.15) is 0 Å². The van der Waals surface area contributed by atoms with E-state index in [4.69, 9.17) is 0 Å². The molecule has 0 N–H and O–H groups in total. The molecule has 0 aliphatic heterocycles. The molecule has 0 atom stereocenters. The predicted molar refractivity (Wildman–Crippen MR) is 69.1 cm³/mol. The van der Waals surface area contributed by atoms with Crippen molar-refractivity contribution >= 4 is 11.6 Å². The monoisotopic (exact) mass is 236 g/mol. The minimum atomic E-state index is -0.000602. The first kappa shape index (κ1) is 10.9. The molecule has 2 nitrogen and oxygen atoms in total.